The molecular formula is C21H21N3O3S. The molecule has 7 heteroatoms. The lowest BCUT2D eigenvalue weighted by molar-refractivity contribution is 0.0950. The van der Waals surface area contributed by atoms with E-state index in [9.17, 15) is 13.2 Å². The summed E-state index contributed by atoms with van der Waals surface area (Å²) in [6, 6.07) is 19.3. The molecule has 2 aromatic carbocycles. The zero-order chi connectivity index (χ0) is 19.8. The van der Waals surface area contributed by atoms with Crippen LogP contribution in [0.1, 0.15) is 21.5 Å². The number of rotatable bonds is 8. The van der Waals surface area contributed by atoms with Crippen molar-refractivity contribution in [3.8, 4) is 0 Å². The van der Waals surface area contributed by atoms with Crippen molar-refractivity contribution >= 4 is 15.9 Å². The van der Waals surface area contributed by atoms with Crippen LogP contribution >= 0.6 is 0 Å². The van der Waals surface area contributed by atoms with Gasteiger partial charge in [0.25, 0.3) is 5.91 Å². The largest absolute Gasteiger partial charge is 0.348 e. The van der Waals surface area contributed by atoms with Crippen LogP contribution in [0.2, 0.25) is 0 Å². The zero-order valence-corrected chi connectivity index (χ0v) is 16.0. The van der Waals surface area contributed by atoms with Crippen molar-refractivity contribution in [2.24, 2.45) is 0 Å². The Morgan fingerprint density at radius 1 is 0.929 bits per heavy atom. The van der Waals surface area contributed by atoms with Crippen LogP contribution in [0.3, 0.4) is 0 Å². The monoisotopic (exact) mass is 395 g/mol. The van der Waals surface area contributed by atoms with Crippen LogP contribution in [0.15, 0.2) is 84.0 Å². The third kappa shape index (κ3) is 5.48. The number of hydrogen-bond acceptors (Lipinski definition) is 4. The van der Waals surface area contributed by atoms with Gasteiger partial charge in [-0.05, 0) is 41.8 Å². The van der Waals surface area contributed by atoms with E-state index in [1.165, 1.54) is 12.1 Å². The fourth-order valence-electron chi connectivity index (χ4n) is 2.65. The van der Waals surface area contributed by atoms with Gasteiger partial charge in [0.2, 0.25) is 10.0 Å². The molecule has 2 N–H and O–H groups in total. The Morgan fingerprint density at radius 3 is 2.46 bits per heavy atom. The first kappa shape index (κ1) is 19.7. The van der Waals surface area contributed by atoms with E-state index in [2.05, 4.69) is 15.0 Å². The van der Waals surface area contributed by atoms with E-state index in [-0.39, 0.29) is 22.9 Å². The number of nitrogens with one attached hydrogen (secondary N) is 2. The molecule has 0 unspecified atom stereocenters. The fraction of sp³-hybridized carbons (Fsp3) is 0.143. The maximum atomic E-state index is 12.5. The molecule has 1 aromatic heterocycles. The molecule has 0 aliphatic heterocycles. The van der Waals surface area contributed by atoms with E-state index in [4.69, 9.17) is 0 Å². The van der Waals surface area contributed by atoms with Gasteiger partial charge >= 0.3 is 0 Å². The topological polar surface area (TPSA) is 88.2 Å². The summed E-state index contributed by atoms with van der Waals surface area (Å²) in [5.41, 5.74) is 2.20. The highest BCUT2D eigenvalue weighted by Crippen LogP contribution is 2.12. The molecule has 3 rings (SSSR count). The molecule has 0 spiro atoms. The van der Waals surface area contributed by atoms with Gasteiger partial charge in [-0.25, -0.2) is 13.1 Å². The van der Waals surface area contributed by atoms with Crippen molar-refractivity contribution in [2.45, 2.75) is 17.9 Å². The maximum Gasteiger partial charge on any atom is 0.251 e. The number of carbonyl (C=O) groups is 1. The van der Waals surface area contributed by atoms with Gasteiger partial charge in [0, 0.05) is 31.0 Å². The Balaban J connectivity index is 1.61. The third-order valence-electron chi connectivity index (χ3n) is 4.13. The van der Waals surface area contributed by atoms with Crippen LogP contribution in [0, 0.1) is 0 Å². The second-order valence-corrected chi connectivity index (χ2v) is 7.97. The lowest BCUT2D eigenvalue weighted by Gasteiger charge is -2.09. The molecular weight excluding hydrogens is 374 g/mol. The second kappa shape index (κ2) is 9.25. The molecule has 0 bridgehead atoms. The lowest BCUT2D eigenvalue weighted by atomic mass is 10.2. The van der Waals surface area contributed by atoms with Gasteiger partial charge in [-0.15, -0.1) is 0 Å². The molecule has 3 aromatic rings. The summed E-state index contributed by atoms with van der Waals surface area (Å²) in [5, 5.41) is 2.76. The molecule has 0 radical (unpaired) electrons. The lowest BCUT2D eigenvalue weighted by Crippen LogP contribution is -2.27. The summed E-state index contributed by atoms with van der Waals surface area (Å²) < 4.78 is 27.6. The van der Waals surface area contributed by atoms with Gasteiger partial charge in [-0.2, -0.15) is 0 Å². The summed E-state index contributed by atoms with van der Waals surface area (Å²) in [6.07, 6.45) is 3.91. The molecule has 0 aliphatic carbocycles. The smallest absolute Gasteiger partial charge is 0.251 e. The molecule has 6 nitrogen and oxygen atoms in total. The molecule has 0 atom stereocenters. The first-order chi connectivity index (χ1) is 13.5. The van der Waals surface area contributed by atoms with E-state index >= 15 is 0 Å². The predicted molar refractivity (Wildman–Crippen MR) is 107 cm³/mol. The Labute approximate surface area is 164 Å². The Hall–Kier alpha value is -3.03. The highest BCUT2D eigenvalue weighted by molar-refractivity contribution is 7.89. The maximum absolute atomic E-state index is 12.5. The SMILES string of the molecule is O=C(NCc1cccnc1)c1cccc(S(=O)(=O)NCCc2ccccc2)c1. The number of nitrogens with zero attached hydrogens (tertiary/aromatic N) is 1. The first-order valence-electron chi connectivity index (χ1n) is 8.85. The van der Waals surface area contributed by atoms with Crippen molar-refractivity contribution in [3.05, 3.63) is 95.8 Å². The van der Waals surface area contributed by atoms with Crippen LogP contribution in [0.5, 0.6) is 0 Å². The molecule has 0 saturated heterocycles. The number of hydrogen-bond donors (Lipinski definition) is 2. The average Bonchev–Trinajstić information content (AvgIpc) is 2.73. The molecule has 144 valence electrons. The zero-order valence-electron chi connectivity index (χ0n) is 15.2. The number of amides is 1. The van der Waals surface area contributed by atoms with Crippen LogP contribution < -0.4 is 10.0 Å². The quantitative estimate of drug-likeness (QED) is 0.613. The van der Waals surface area contributed by atoms with Crippen molar-refractivity contribution in [1.29, 1.82) is 0 Å². The number of pyridine rings is 1. The minimum Gasteiger partial charge on any atom is -0.348 e. The Kier molecular flexibility index (Phi) is 6.52. The van der Waals surface area contributed by atoms with Gasteiger partial charge in [-0.3, -0.25) is 9.78 Å². The number of aromatic nitrogens is 1. The minimum atomic E-state index is -3.69. The van der Waals surface area contributed by atoms with E-state index in [1.807, 2.05) is 36.4 Å². The standard InChI is InChI=1S/C21H21N3O3S/c25-21(23-16-18-8-5-12-22-15-18)19-9-4-10-20(14-19)28(26,27)24-13-11-17-6-2-1-3-7-17/h1-10,12,14-15,24H,11,13,16H2,(H,23,25). The number of sulfonamides is 1. The molecule has 0 aliphatic rings. The number of carbonyl (C=O) groups excluding carboxylic acids is 1. The van der Waals surface area contributed by atoms with Crippen LogP contribution in [-0.4, -0.2) is 25.9 Å². The van der Waals surface area contributed by atoms with E-state index in [0.717, 1.165) is 11.1 Å². The average molecular weight is 395 g/mol. The van der Waals surface area contributed by atoms with E-state index in [1.54, 1.807) is 30.6 Å². The predicted octanol–water partition coefficient (Wildman–Crippen LogP) is 2.53. The van der Waals surface area contributed by atoms with Gasteiger partial charge in [0.05, 0.1) is 4.90 Å². The Morgan fingerprint density at radius 2 is 1.71 bits per heavy atom. The summed E-state index contributed by atoms with van der Waals surface area (Å²) in [5.74, 6) is -0.342. The van der Waals surface area contributed by atoms with E-state index < -0.39 is 10.0 Å². The van der Waals surface area contributed by atoms with E-state index in [0.29, 0.717) is 13.0 Å². The normalized spacial score (nSPS) is 11.1. The summed E-state index contributed by atoms with van der Waals surface area (Å²) in [4.78, 5) is 16.4. The molecule has 1 heterocycles. The van der Waals surface area contributed by atoms with Gasteiger partial charge in [-0.1, -0.05) is 42.5 Å². The van der Waals surface area contributed by atoms with Gasteiger partial charge in [0.1, 0.15) is 0 Å². The highest BCUT2D eigenvalue weighted by Gasteiger charge is 2.16. The highest BCUT2D eigenvalue weighted by atomic mass is 32.2. The number of benzene rings is 2. The first-order valence-corrected chi connectivity index (χ1v) is 10.3. The van der Waals surface area contributed by atoms with Crippen molar-refractivity contribution in [1.82, 2.24) is 15.0 Å². The summed E-state index contributed by atoms with van der Waals surface area (Å²) in [6.45, 7) is 0.600. The summed E-state index contributed by atoms with van der Waals surface area (Å²) >= 11 is 0. The van der Waals surface area contributed by atoms with Crippen molar-refractivity contribution in [2.75, 3.05) is 6.54 Å². The van der Waals surface area contributed by atoms with Crippen molar-refractivity contribution in [3.63, 3.8) is 0 Å². The molecule has 28 heavy (non-hydrogen) atoms. The molecule has 0 fully saturated rings. The van der Waals surface area contributed by atoms with Gasteiger partial charge < -0.3 is 5.32 Å². The third-order valence-corrected chi connectivity index (χ3v) is 5.59. The molecule has 0 saturated carbocycles. The van der Waals surface area contributed by atoms with Crippen LogP contribution in [0.25, 0.3) is 0 Å². The Bertz CT molecular complexity index is 1020. The van der Waals surface area contributed by atoms with Crippen LogP contribution in [0.4, 0.5) is 0 Å². The van der Waals surface area contributed by atoms with Crippen LogP contribution in [-0.2, 0) is 23.0 Å². The van der Waals surface area contributed by atoms with Gasteiger partial charge in [0.15, 0.2) is 0 Å². The molecule has 1 amide bonds. The summed E-state index contributed by atoms with van der Waals surface area (Å²) in [7, 11) is -3.69. The fourth-order valence-corrected chi connectivity index (χ4v) is 3.73. The van der Waals surface area contributed by atoms with Crippen molar-refractivity contribution < 1.29 is 13.2 Å². The second-order valence-electron chi connectivity index (χ2n) is 6.21. The minimum absolute atomic E-state index is 0.0644.